The van der Waals surface area contributed by atoms with Crippen LogP contribution in [0.25, 0.3) is 0 Å². The second kappa shape index (κ2) is 4.51. The quantitative estimate of drug-likeness (QED) is 0.670. The van der Waals surface area contributed by atoms with E-state index in [9.17, 15) is 0 Å². The normalized spacial score (nSPS) is 21.3. The van der Waals surface area contributed by atoms with Gasteiger partial charge >= 0.3 is 0 Å². The van der Waals surface area contributed by atoms with Crippen LogP contribution in [0.4, 0.5) is 5.69 Å². The lowest BCUT2D eigenvalue weighted by molar-refractivity contribution is 0.371. The molecule has 0 aliphatic carbocycles. The smallest absolute Gasteiger partial charge is 0.0438 e. The van der Waals surface area contributed by atoms with Gasteiger partial charge in [-0.15, -0.1) is 0 Å². The highest BCUT2D eigenvalue weighted by Crippen LogP contribution is 2.47. The molecule has 2 rings (SSSR count). The third-order valence-corrected chi connectivity index (χ3v) is 4.54. The molecule has 0 bridgehead atoms. The van der Waals surface area contributed by atoms with Gasteiger partial charge in [-0.05, 0) is 49.1 Å². The van der Waals surface area contributed by atoms with Gasteiger partial charge in [-0.1, -0.05) is 52.8 Å². The molecule has 0 radical (unpaired) electrons. The van der Waals surface area contributed by atoms with Gasteiger partial charge in [0.2, 0.25) is 0 Å². The number of benzene rings is 1. The van der Waals surface area contributed by atoms with Gasteiger partial charge in [0.15, 0.2) is 0 Å². The van der Waals surface area contributed by atoms with Gasteiger partial charge in [-0.3, -0.25) is 0 Å². The average molecular weight is 273 g/mol. The SMILES string of the molecule is Cc1cccc(C(C)(C)C)c1N1CC(C)(C)CC1(C)C. The molecule has 1 saturated heterocycles. The van der Waals surface area contributed by atoms with Gasteiger partial charge in [-0.2, -0.15) is 0 Å². The van der Waals surface area contributed by atoms with Crippen molar-refractivity contribution in [2.75, 3.05) is 11.4 Å². The van der Waals surface area contributed by atoms with E-state index in [0.29, 0.717) is 5.41 Å². The number of aryl methyl sites for hydroxylation is 1. The summed E-state index contributed by atoms with van der Waals surface area (Å²) >= 11 is 0. The summed E-state index contributed by atoms with van der Waals surface area (Å²) in [6.45, 7) is 19.9. The molecule has 1 aliphatic heterocycles. The molecule has 0 saturated carbocycles. The Balaban J connectivity index is 2.59. The van der Waals surface area contributed by atoms with Crippen molar-refractivity contribution >= 4 is 5.69 Å². The molecule has 1 heterocycles. The first-order valence-corrected chi connectivity index (χ1v) is 7.82. The van der Waals surface area contributed by atoms with E-state index in [0.717, 1.165) is 6.54 Å². The molecule has 0 unspecified atom stereocenters. The molecule has 20 heavy (non-hydrogen) atoms. The van der Waals surface area contributed by atoms with Crippen LogP contribution in [0.2, 0.25) is 0 Å². The van der Waals surface area contributed by atoms with Crippen LogP contribution in [-0.4, -0.2) is 12.1 Å². The number of anilines is 1. The van der Waals surface area contributed by atoms with E-state index in [2.05, 4.69) is 78.5 Å². The number of hydrogen-bond acceptors (Lipinski definition) is 1. The summed E-state index contributed by atoms with van der Waals surface area (Å²) in [5.74, 6) is 0. The van der Waals surface area contributed by atoms with Gasteiger partial charge in [0.05, 0.1) is 0 Å². The third kappa shape index (κ3) is 2.73. The summed E-state index contributed by atoms with van der Waals surface area (Å²) in [5.41, 5.74) is 5.16. The maximum absolute atomic E-state index is 2.66. The zero-order valence-corrected chi connectivity index (χ0v) is 14.6. The molecule has 0 atom stereocenters. The fourth-order valence-electron chi connectivity index (χ4n) is 3.97. The maximum atomic E-state index is 2.66. The summed E-state index contributed by atoms with van der Waals surface area (Å²) in [7, 11) is 0. The summed E-state index contributed by atoms with van der Waals surface area (Å²) in [6, 6.07) is 6.77. The van der Waals surface area contributed by atoms with Crippen LogP contribution in [0.5, 0.6) is 0 Å². The summed E-state index contributed by atoms with van der Waals surface area (Å²) in [5, 5.41) is 0. The van der Waals surface area contributed by atoms with E-state index in [1.165, 1.54) is 23.2 Å². The van der Waals surface area contributed by atoms with Gasteiger partial charge in [-0.25, -0.2) is 0 Å². The van der Waals surface area contributed by atoms with Gasteiger partial charge in [0.1, 0.15) is 0 Å². The number of rotatable bonds is 1. The fourth-order valence-corrected chi connectivity index (χ4v) is 3.97. The predicted molar refractivity (Wildman–Crippen MR) is 89.7 cm³/mol. The highest BCUT2D eigenvalue weighted by molar-refractivity contribution is 5.64. The maximum Gasteiger partial charge on any atom is 0.0438 e. The zero-order valence-electron chi connectivity index (χ0n) is 14.6. The Kier molecular flexibility index (Phi) is 3.48. The molecule has 0 amide bonds. The topological polar surface area (TPSA) is 3.24 Å². The minimum Gasteiger partial charge on any atom is -0.365 e. The Morgan fingerprint density at radius 1 is 1.05 bits per heavy atom. The molecular formula is C19H31N. The van der Waals surface area contributed by atoms with Crippen LogP contribution >= 0.6 is 0 Å². The average Bonchev–Trinajstić information content (AvgIpc) is 2.44. The highest BCUT2D eigenvalue weighted by Gasteiger charge is 2.44. The van der Waals surface area contributed by atoms with Crippen LogP contribution in [-0.2, 0) is 5.41 Å². The van der Waals surface area contributed by atoms with Crippen molar-refractivity contribution in [3.05, 3.63) is 29.3 Å². The van der Waals surface area contributed by atoms with E-state index in [1.54, 1.807) is 0 Å². The van der Waals surface area contributed by atoms with Crippen molar-refractivity contribution in [3.8, 4) is 0 Å². The molecule has 1 aliphatic rings. The lowest BCUT2D eigenvalue weighted by Crippen LogP contribution is -2.40. The second-order valence-electron chi connectivity index (χ2n) is 8.96. The first-order valence-electron chi connectivity index (χ1n) is 7.82. The Morgan fingerprint density at radius 3 is 2.10 bits per heavy atom. The fraction of sp³-hybridized carbons (Fsp3) is 0.684. The molecule has 1 nitrogen and oxygen atoms in total. The minimum atomic E-state index is 0.185. The van der Waals surface area contributed by atoms with Crippen molar-refractivity contribution in [1.82, 2.24) is 0 Å². The van der Waals surface area contributed by atoms with E-state index in [4.69, 9.17) is 0 Å². The highest BCUT2D eigenvalue weighted by atomic mass is 15.2. The zero-order chi connectivity index (χ0) is 15.3. The van der Waals surface area contributed by atoms with Crippen molar-refractivity contribution in [2.45, 2.75) is 72.8 Å². The van der Waals surface area contributed by atoms with E-state index in [-0.39, 0.29) is 11.0 Å². The van der Waals surface area contributed by atoms with Gasteiger partial charge in [0, 0.05) is 17.8 Å². The van der Waals surface area contributed by atoms with Gasteiger partial charge in [0.25, 0.3) is 0 Å². The molecular weight excluding hydrogens is 242 g/mol. The standard InChI is InChI=1S/C19H31N/c1-14-10-9-11-15(17(2,3)4)16(14)20-13-18(5,6)12-19(20,7)8/h9-11H,12-13H2,1-8H3. The lowest BCUT2D eigenvalue weighted by Gasteiger charge is -2.38. The van der Waals surface area contributed by atoms with Crippen LogP contribution in [0, 0.1) is 12.3 Å². The van der Waals surface area contributed by atoms with Crippen LogP contribution in [0.3, 0.4) is 0 Å². The Bertz CT molecular complexity index is 503. The number of para-hydroxylation sites is 1. The van der Waals surface area contributed by atoms with Crippen molar-refractivity contribution in [3.63, 3.8) is 0 Å². The van der Waals surface area contributed by atoms with Crippen molar-refractivity contribution in [1.29, 1.82) is 0 Å². The molecule has 1 aromatic rings. The number of nitrogens with zero attached hydrogens (tertiary/aromatic N) is 1. The van der Waals surface area contributed by atoms with Gasteiger partial charge < -0.3 is 4.90 Å². The molecule has 0 aromatic heterocycles. The van der Waals surface area contributed by atoms with Crippen molar-refractivity contribution < 1.29 is 0 Å². The predicted octanol–water partition coefficient (Wildman–Crippen LogP) is 5.31. The molecule has 1 heteroatoms. The third-order valence-electron chi connectivity index (χ3n) is 4.54. The van der Waals surface area contributed by atoms with Crippen LogP contribution < -0.4 is 4.90 Å². The largest absolute Gasteiger partial charge is 0.365 e. The summed E-state index contributed by atoms with van der Waals surface area (Å²) in [4.78, 5) is 2.66. The van der Waals surface area contributed by atoms with E-state index in [1.807, 2.05) is 0 Å². The van der Waals surface area contributed by atoms with E-state index >= 15 is 0 Å². The van der Waals surface area contributed by atoms with Crippen molar-refractivity contribution in [2.24, 2.45) is 5.41 Å². The molecule has 1 fully saturated rings. The number of hydrogen-bond donors (Lipinski definition) is 0. The molecule has 0 spiro atoms. The van der Waals surface area contributed by atoms with Crippen LogP contribution in [0.1, 0.15) is 66.0 Å². The Labute approximate surface area is 125 Å². The molecule has 112 valence electrons. The van der Waals surface area contributed by atoms with Crippen LogP contribution in [0.15, 0.2) is 18.2 Å². The first kappa shape index (κ1) is 15.4. The van der Waals surface area contributed by atoms with E-state index < -0.39 is 0 Å². The second-order valence-corrected chi connectivity index (χ2v) is 8.96. The monoisotopic (exact) mass is 273 g/mol. The Morgan fingerprint density at radius 2 is 1.65 bits per heavy atom. The Hall–Kier alpha value is -0.980. The molecule has 1 aromatic carbocycles. The summed E-state index contributed by atoms with van der Waals surface area (Å²) < 4.78 is 0. The summed E-state index contributed by atoms with van der Waals surface area (Å²) in [6.07, 6.45) is 1.25. The molecule has 0 N–H and O–H groups in total. The minimum absolute atomic E-state index is 0.185. The lowest BCUT2D eigenvalue weighted by atomic mass is 9.83. The first-order chi connectivity index (χ1) is 8.94.